The summed E-state index contributed by atoms with van der Waals surface area (Å²) in [5, 5.41) is 0.666. The van der Waals surface area contributed by atoms with Gasteiger partial charge in [0.25, 0.3) is 0 Å². The van der Waals surface area contributed by atoms with Crippen molar-refractivity contribution < 1.29 is 0 Å². The van der Waals surface area contributed by atoms with Crippen LogP contribution in [0.2, 0.25) is 0 Å². The van der Waals surface area contributed by atoms with Crippen LogP contribution in [-0.4, -0.2) is 17.5 Å². The van der Waals surface area contributed by atoms with Gasteiger partial charge in [-0.3, -0.25) is 0 Å². The van der Waals surface area contributed by atoms with E-state index in [1.54, 1.807) is 0 Å². The molecule has 1 saturated heterocycles. The lowest BCUT2D eigenvalue weighted by Crippen LogP contribution is -2.17. The molecular weight excluding hydrogens is 142 g/mol. The van der Waals surface area contributed by atoms with E-state index in [9.17, 15) is 0 Å². The van der Waals surface area contributed by atoms with Crippen LogP contribution in [0, 0.1) is 0 Å². The van der Waals surface area contributed by atoms with Gasteiger partial charge in [-0.15, -0.1) is 0 Å². The Bertz CT molecular complexity index is 116. The predicted molar refractivity (Wildman–Crippen MR) is 48.3 cm³/mol. The van der Waals surface area contributed by atoms with Crippen LogP contribution >= 0.6 is 11.8 Å². The summed E-state index contributed by atoms with van der Waals surface area (Å²) in [7, 11) is 0. The molecule has 1 aliphatic rings. The third-order valence-electron chi connectivity index (χ3n) is 1.90. The zero-order chi connectivity index (χ0) is 7.40. The molecular formula is C8H15NS. The highest BCUT2D eigenvalue weighted by Crippen LogP contribution is 2.28. The molecule has 0 aliphatic carbocycles. The smallest absolute Gasteiger partial charge is 0.0266 e. The van der Waals surface area contributed by atoms with E-state index in [-0.39, 0.29) is 0 Å². The van der Waals surface area contributed by atoms with Crippen LogP contribution in [0.3, 0.4) is 0 Å². The molecule has 0 aromatic rings. The second-order valence-corrected chi connectivity index (χ2v) is 4.03. The Kier molecular flexibility index (Phi) is 3.29. The maximum atomic E-state index is 5.49. The molecule has 0 aromatic heterocycles. The summed E-state index contributed by atoms with van der Waals surface area (Å²) in [5.74, 6) is 1.30. The van der Waals surface area contributed by atoms with Gasteiger partial charge in [0.05, 0.1) is 0 Å². The van der Waals surface area contributed by atoms with E-state index in [4.69, 9.17) is 5.73 Å². The first-order valence-corrected chi connectivity index (χ1v) is 4.89. The van der Waals surface area contributed by atoms with Crippen LogP contribution in [0.4, 0.5) is 0 Å². The Balaban J connectivity index is 2.31. The molecule has 1 heterocycles. The highest BCUT2D eigenvalue weighted by molar-refractivity contribution is 8.00. The molecule has 1 fully saturated rings. The van der Waals surface area contributed by atoms with Gasteiger partial charge >= 0.3 is 0 Å². The van der Waals surface area contributed by atoms with Crippen molar-refractivity contribution in [1.29, 1.82) is 0 Å². The average Bonchev–Trinajstić information content (AvgIpc) is 2.05. The average molecular weight is 157 g/mol. The lowest BCUT2D eigenvalue weighted by molar-refractivity contribution is 0.699. The van der Waals surface area contributed by atoms with Gasteiger partial charge in [0.2, 0.25) is 0 Å². The minimum atomic E-state index is 0.664. The molecule has 0 spiro atoms. The first-order valence-electron chi connectivity index (χ1n) is 3.84. The molecule has 0 bridgehead atoms. The zero-order valence-electron chi connectivity index (χ0n) is 6.31. The van der Waals surface area contributed by atoms with E-state index in [2.05, 4.69) is 6.58 Å². The predicted octanol–water partition coefficient (Wildman–Crippen LogP) is 1.79. The largest absolute Gasteiger partial charge is 0.327 e. The molecule has 1 aliphatic heterocycles. The van der Waals surface area contributed by atoms with Crippen molar-refractivity contribution in [2.24, 2.45) is 5.73 Å². The number of thioether (sulfide) groups is 1. The molecule has 10 heavy (non-hydrogen) atoms. The minimum absolute atomic E-state index is 0.664. The molecule has 0 radical (unpaired) electrons. The van der Waals surface area contributed by atoms with E-state index in [0.717, 1.165) is 0 Å². The van der Waals surface area contributed by atoms with Gasteiger partial charge in [0.15, 0.2) is 0 Å². The monoisotopic (exact) mass is 157 g/mol. The summed E-state index contributed by atoms with van der Waals surface area (Å²) in [5.41, 5.74) is 6.72. The van der Waals surface area contributed by atoms with E-state index < -0.39 is 0 Å². The van der Waals surface area contributed by atoms with E-state index in [1.165, 1.54) is 30.6 Å². The van der Waals surface area contributed by atoms with Crippen molar-refractivity contribution in [3.8, 4) is 0 Å². The third-order valence-corrected chi connectivity index (χ3v) is 3.39. The van der Waals surface area contributed by atoms with Gasteiger partial charge in [-0.25, -0.2) is 0 Å². The molecule has 0 saturated carbocycles. The Morgan fingerprint density at radius 2 is 2.40 bits per heavy atom. The second-order valence-electron chi connectivity index (χ2n) is 2.72. The highest BCUT2D eigenvalue weighted by atomic mass is 32.2. The van der Waals surface area contributed by atoms with Gasteiger partial charge in [-0.2, -0.15) is 11.8 Å². The first-order chi connectivity index (χ1) is 4.84. The number of hydrogen-bond acceptors (Lipinski definition) is 2. The lowest BCUT2D eigenvalue weighted by Gasteiger charge is -2.22. The van der Waals surface area contributed by atoms with Crippen molar-refractivity contribution >= 4 is 11.8 Å². The lowest BCUT2D eigenvalue weighted by atomic mass is 10.1. The number of nitrogens with two attached hydrogens (primary N) is 1. The number of rotatable bonds is 2. The fourth-order valence-electron chi connectivity index (χ4n) is 1.19. The molecule has 1 unspecified atom stereocenters. The maximum absolute atomic E-state index is 5.49. The van der Waals surface area contributed by atoms with Crippen molar-refractivity contribution in [3.05, 3.63) is 12.2 Å². The quantitative estimate of drug-likeness (QED) is 0.618. The van der Waals surface area contributed by atoms with E-state index in [1.807, 2.05) is 11.8 Å². The van der Waals surface area contributed by atoms with Crippen LogP contribution < -0.4 is 5.73 Å². The van der Waals surface area contributed by atoms with Gasteiger partial charge in [-0.1, -0.05) is 18.6 Å². The molecule has 0 aromatic carbocycles. The van der Waals surface area contributed by atoms with Gasteiger partial charge < -0.3 is 5.73 Å². The molecule has 2 heteroatoms. The van der Waals surface area contributed by atoms with Crippen molar-refractivity contribution in [2.45, 2.75) is 24.5 Å². The molecule has 0 amide bonds. The second kappa shape index (κ2) is 4.04. The normalized spacial score (nSPS) is 26.3. The molecule has 1 rings (SSSR count). The summed E-state index contributed by atoms with van der Waals surface area (Å²) >= 11 is 2.02. The van der Waals surface area contributed by atoms with Crippen LogP contribution in [-0.2, 0) is 0 Å². The Morgan fingerprint density at radius 3 is 2.90 bits per heavy atom. The number of hydrogen-bond donors (Lipinski definition) is 1. The fourth-order valence-corrected chi connectivity index (χ4v) is 2.51. The Labute approximate surface area is 67.1 Å². The van der Waals surface area contributed by atoms with Crippen LogP contribution in [0.15, 0.2) is 12.2 Å². The zero-order valence-corrected chi connectivity index (χ0v) is 7.12. The molecule has 2 N–H and O–H groups in total. The fraction of sp³-hybridized carbons (Fsp3) is 0.750. The van der Waals surface area contributed by atoms with Crippen LogP contribution in [0.25, 0.3) is 0 Å². The molecule has 1 atom stereocenters. The minimum Gasteiger partial charge on any atom is -0.327 e. The van der Waals surface area contributed by atoms with Crippen molar-refractivity contribution in [2.75, 3.05) is 12.3 Å². The van der Waals surface area contributed by atoms with Gasteiger partial charge in [0.1, 0.15) is 0 Å². The van der Waals surface area contributed by atoms with Crippen molar-refractivity contribution in [3.63, 3.8) is 0 Å². The van der Waals surface area contributed by atoms with Crippen LogP contribution in [0.1, 0.15) is 19.3 Å². The summed E-state index contributed by atoms with van der Waals surface area (Å²) in [6.45, 7) is 4.62. The maximum Gasteiger partial charge on any atom is 0.0266 e. The molecule has 1 nitrogen and oxygen atoms in total. The van der Waals surface area contributed by atoms with Crippen LogP contribution in [0.5, 0.6) is 0 Å². The molecule has 58 valence electrons. The summed E-state index contributed by atoms with van der Waals surface area (Å²) in [6, 6.07) is 0. The van der Waals surface area contributed by atoms with E-state index >= 15 is 0 Å². The summed E-state index contributed by atoms with van der Waals surface area (Å²) in [4.78, 5) is 0. The SMILES string of the molecule is C=C(CN)C1CCCCS1. The van der Waals surface area contributed by atoms with Crippen molar-refractivity contribution in [1.82, 2.24) is 0 Å². The van der Waals surface area contributed by atoms with E-state index in [0.29, 0.717) is 11.8 Å². The summed E-state index contributed by atoms with van der Waals surface area (Å²) in [6.07, 6.45) is 4.02. The Morgan fingerprint density at radius 1 is 1.60 bits per heavy atom. The highest BCUT2D eigenvalue weighted by Gasteiger charge is 2.15. The third kappa shape index (κ3) is 2.03. The topological polar surface area (TPSA) is 26.0 Å². The Hall–Kier alpha value is 0.0500. The van der Waals surface area contributed by atoms with Gasteiger partial charge in [0, 0.05) is 11.8 Å². The van der Waals surface area contributed by atoms with Gasteiger partial charge in [-0.05, 0) is 18.6 Å². The summed E-state index contributed by atoms with van der Waals surface area (Å²) < 4.78 is 0. The standard InChI is InChI=1S/C8H15NS/c1-7(6-9)8-4-2-3-5-10-8/h8H,1-6,9H2. The first kappa shape index (κ1) is 8.15.